The number of para-hydroxylation sites is 5. The standard InChI is InChI=1S/C76H56N2O2/c1-43-21-11-17-29-60(43)77(47-35-37-51-58(41-47)76(6,7)70-66(51)68-53-27-15-20-32-64(53)80-73(68)69-49-25-12-16-28-56(49)75(4,5)71(69)70)46-34-36-50-57(40-46)74(2,3)59-42-54(72-67(65(50)59)52-26-14-19-31-63(52)79-72)44-33-38-62-55(39-44)48-24-13-18-30-61(48)78(62)45-22-9-8-10-23-45/h8-42H,1-7H3. The van der Waals surface area contributed by atoms with Crippen LogP contribution in [-0.4, -0.2) is 4.57 Å². The van der Waals surface area contributed by atoms with Gasteiger partial charge in [-0.3, -0.25) is 0 Å². The Kier molecular flexibility index (Phi) is 8.94. The minimum absolute atomic E-state index is 0.236. The molecule has 0 saturated heterocycles. The van der Waals surface area contributed by atoms with E-state index in [-0.39, 0.29) is 16.2 Å². The summed E-state index contributed by atoms with van der Waals surface area (Å²) in [6.45, 7) is 16.8. The Morgan fingerprint density at radius 3 is 1.66 bits per heavy atom. The summed E-state index contributed by atoms with van der Waals surface area (Å²) in [6.07, 6.45) is 0. The SMILES string of the molecule is Cc1ccccc1N(c1ccc2c(c1)C(C)(C)c1cc(-c3ccc4c(c3)c3ccccc3n4-c3ccccc3)c3oc4ccccc4c3c1-2)c1ccc2c(c1)C(C)(C)c1c3c(c4oc5ccccc5c4c1-2)-c1ccccc1C3(C)C. The second kappa shape index (κ2) is 15.7. The van der Waals surface area contributed by atoms with Crippen LogP contribution in [0.2, 0.25) is 0 Å². The van der Waals surface area contributed by atoms with Crippen LogP contribution in [0.15, 0.2) is 221 Å². The summed E-state index contributed by atoms with van der Waals surface area (Å²) in [5.74, 6) is 0. The molecule has 0 spiro atoms. The molecule has 0 bridgehead atoms. The van der Waals surface area contributed by atoms with E-state index in [0.717, 1.165) is 61.6 Å². The van der Waals surface area contributed by atoms with Gasteiger partial charge in [0.2, 0.25) is 0 Å². The molecule has 3 heterocycles. The van der Waals surface area contributed by atoms with E-state index in [1.165, 1.54) is 110 Å². The normalized spacial score (nSPS) is 15.0. The maximum atomic E-state index is 7.06. The zero-order valence-electron chi connectivity index (χ0n) is 45.9. The predicted octanol–water partition coefficient (Wildman–Crippen LogP) is 20.9. The highest BCUT2D eigenvalue weighted by atomic mass is 16.3. The van der Waals surface area contributed by atoms with Crippen molar-refractivity contribution in [2.75, 3.05) is 4.90 Å². The van der Waals surface area contributed by atoms with E-state index in [2.05, 4.69) is 270 Å². The molecule has 382 valence electrons. The lowest BCUT2D eigenvalue weighted by molar-refractivity contribution is 0.600. The van der Waals surface area contributed by atoms with Crippen LogP contribution in [0.25, 0.3) is 116 Å². The number of nitrogens with zero attached hydrogens (tertiary/aromatic N) is 2. The molecule has 4 heteroatoms. The van der Waals surface area contributed by atoms with Gasteiger partial charge in [0.1, 0.15) is 22.3 Å². The highest BCUT2D eigenvalue weighted by Gasteiger charge is 2.49. The van der Waals surface area contributed by atoms with Gasteiger partial charge in [0, 0.05) is 82.4 Å². The second-order valence-electron chi connectivity index (χ2n) is 24.4. The lowest BCUT2D eigenvalue weighted by Gasteiger charge is -2.32. The Morgan fingerprint density at radius 2 is 0.925 bits per heavy atom. The molecular formula is C76H56N2O2. The first-order valence-electron chi connectivity index (χ1n) is 28.2. The third-order valence-electron chi connectivity index (χ3n) is 19.0. The van der Waals surface area contributed by atoms with Crippen molar-refractivity contribution >= 4 is 82.7 Å². The number of hydrogen-bond donors (Lipinski definition) is 0. The van der Waals surface area contributed by atoms with Crippen LogP contribution >= 0.6 is 0 Å². The molecule has 3 aliphatic carbocycles. The molecule has 0 radical (unpaired) electrons. The van der Waals surface area contributed by atoms with Gasteiger partial charge in [-0.15, -0.1) is 0 Å². The van der Waals surface area contributed by atoms with Gasteiger partial charge in [0.05, 0.1) is 11.0 Å². The number of anilines is 3. The second-order valence-corrected chi connectivity index (χ2v) is 24.4. The van der Waals surface area contributed by atoms with Crippen molar-refractivity contribution in [2.24, 2.45) is 0 Å². The number of hydrogen-bond acceptors (Lipinski definition) is 3. The number of aryl methyl sites for hydroxylation is 1. The zero-order chi connectivity index (χ0) is 53.7. The molecule has 0 amide bonds. The molecule has 3 aromatic heterocycles. The molecule has 0 N–H and O–H groups in total. The third-order valence-corrected chi connectivity index (χ3v) is 19.0. The van der Waals surface area contributed by atoms with Gasteiger partial charge in [-0.25, -0.2) is 0 Å². The fourth-order valence-electron chi connectivity index (χ4n) is 15.3. The average Bonchev–Trinajstić information content (AvgIpc) is 3.23. The van der Waals surface area contributed by atoms with E-state index >= 15 is 0 Å². The summed E-state index contributed by atoms with van der Waals surface area (Å²) in [5, 5.41) is 7.14. The molecule has 0 saturated carbocycles. The van der Waals surface area contributed by atoms with Crippen molar-refractivity contribution in [3.63, 3.8) is 0 Å². The van der Waals surface area contributed by atoms with Crippen molar-refractivity contribution < 1.29 is 8.83 Å². The van der Waals surface area contributed by atoms with Gasteiger partial charge < -0.3 is 18.3 Å². The highest BCUT2D eigenvalue weighted by molar-refractivity contribution is 6.22. The first-order chi connectivity index (χ1) is 38.9. The van der Waals surface area contributed by atoms with Crippen molar-refractivity contribution in [1.82, 2.24) is 4.57 Å². The van der Waals surface area contributed by atoms with Crippen LogP contribution in [-0.2, 0) is 16.2 Å². The molecule has 0 fully saturated rings. The number of benzene rings is 11. The van der Waals surface area contributed by atoms with Gasteiger partial charge >= 0.3 is 0 Å². The van der Waals surface area contributed by atoms with Crippen LogP contribution in [0.4, 0.5) is 17.1 Å². The first kappa shape index (κ1) is 45.6. The fraction of sp³-hybridized carbons (Fsp3) is 0.132. The van der Waals surface area contributed by atoms with Crippen LogP contribution < -0.4 is 4.90 Å². The van der Waals surface area contributed by atoms with E-state index in [9.17, 15) is 0 Å². The summed E-state index contributed by atoms with van der Waals surface area (Å²) in [5.41, 5.74) is 28.9. The monoisotopic (exact) mass is 1030 g/mol. The lowest BCUT2D eigenvalue weighted by atomic mass is 9.72. The molecule has 14 aromatic rings. The molecule has 11 aromatic carbocycles. The Morgan fingerprint density at radius 1 is 0.375 bits per heavy atom. The highest BCUT2D eigenvalue weighted by Crippen LogP contribution is 2.64. The smallest absolute Gasteiger partial charge is 0.144 e. The quantitative estimate of drug-likeness (QED) is 0.172. The number of aromatic nitrogens is 1. The van der Waals surface area contributed by atoms with E-state index in [1.807, 2.05) is 0 Å². The predicted molar refractivity (Wildman–Crippen MR) is 333 cm³/mol. The molecule has 17 rings (SSSR count). The van der Waals surface area contributed by atoms with Crippen LogP contribution in [0, 0.1) is 6.92 Å². The molecule has 3 aliphatic rings. The zero-order valence-corrected chi connectivity index (χ0v) is 45.9. The minimum Gasteiger partial charge on any atom is -0.455 e. The van der Waals surface area contributed by atoms with Crippen molar-refractivity contribution in [3.8, 4) is 50.2 Å². The molecule has 0 atom stereocenters. The Bertz CT molecular complexity index is 5050. The van der Waals surface area contributed by atoms with Gasteiger partial charge in [-0.1, -0.05) is 175 Å². The van der Waals surface area contributed by atoms with Gasteiger partial charge in [0.15, 0.2) is 0 Å². The summed E-state index contributed by atoms with van der Waals surface area (Å²) in [6, 6.07) is 78.5. The van der Waals surface area contributed by atoms with Crippen molar-refractivity contribution in [1.29, 1.82) is 0 Å². The van der Waals surface area contributed by atoms with Crippen LogP contribution in [0.1, 0.15) is 80.5 Å². The molecule has 0 aliphatic heterocycles. The van der Waals surface area contributed by atoms with Gasteiger partial charge in [0.25, 0.3) is 0 Å². The van der Waals surface area contributed by atoms with Gasteiger partial charge in [-0.2, -0.15) is 0 Å². The Balaban J connectivity index is 0.854. The molecular weight excluding hydrogens is 973 g/mol. The first-order valence-corrected chi connectivity index (χ1v) is 28.2. The van der Waals surface area contributed by atoms with Gasteiger partial charge in [-0.05, 0) is 158 Å². The summed E-state index contributed by atoms with van der Waals surface area (Å²) in [4.78, 5) is 2.51. The summed E-state index contributed by atoms with van der Waals surface area (Å²) >= 11 is 0. The number of rotatable bonds is 5. The summed E-state index contributed by atoms with van der Waals surface area (Å²) < 4.78 is 16.5. The van der Waals surface area contributed by atoms with E-state index in [4.69, 9.17) is 8.83 Å². The number of fused-ring (bicyclic) bond motifs is 22. The minimum atomic E-state index is -0.363. The maximum absolute atomic E-state index is 7.06. The van der Waals surface area contributed by atoms with Crippen LogP contribution in [0.3, 0.4) is 0 Å². The average molecular weight is 1030 g/mol. The Hall–Kier alpha value is -9.38. The molecule has 80 heavy (non-hydrogen) atoms. The van der Waals surface area contributed by atoms with Crippen molar-refractivity contribution in [2.45, 2.75) is 64.7 Å². The number of furan rings is 2. The Labute approximate surface area is 464 Å². The summed E-state index contributed by atoms with van der Waals surface area (Å²) in [7, 11) is 0. The third kappa shape index (κ3) is 5.80. The fourth-order valence-corrected chi connectivity index (χ4v) is 15.3. The van der Waals surface area contributed by atoms with Crippen LogP contribution in [0.5, 0.6) is 0 Å². The molecule has 0 unspecified atom stereocenters. The molecule has 4 nitrogen and oxygen atoms in total. The maximum Gasteiger partial charge on any atom is 0.144 e. The van der Waals surface area contributed by atoms with E-state index in [1.54, 1.807) is 0 Å². The largest absolute Gasteiger partial charge is 0.455 e. The topological polar surface area (TPSA) is 34.5 Å². The van der Waals surface area contributed by atoms with E-state index < -0.39 is 0 Å². The lowest BCUT2D eigenvalue weighted by Crippen LogP contribution is -2.24. The van der Waals surface area contributed by atoms with E-state index in [0.29, 0.717) is 0 Å². The van der Waals surface area contributed by atoms with Crippen molar-refractivity contribution in [3.05, 3.63) is 251 Å².